The maximum atomic E-state index is 12.8. The van der Waals surface area contributed by atoms with Gasteiger partial charge in [0, 0.05) is 31.9 Å². The van der Waals surface area contributed by atoms with Crippen LogP contribution in [0.5, 0.6) is 0 Å². The molecule has 1 atom stereocenters. The predicted octanol–water partition coefficient (Wildman–Crippen LogP) is 3.65. The van der Waals surface area contributed by atoms with Crippen LogP contribution in [-0.2, 0) is 4.79 Å². The van der Waals surface area contributed by atoms with Gasteiger partial charge in [-0.15, -0.1) is 0 Å². The van der Waals surface area contributed by atoms with Gasteiger partial charge in [0.25, 0.3) is 0 Å². The Bertz CT molecular complexity index is 896. The lowest BCUT2D eigenvalue weighted by atomic mass is 10.0. The molecule has 5 nitrogen and oxygen atoms in total. The zero-order valence-electron chi connectivity index (χ0n) is 17.7. The van der Waals surface area contributed by atoms with Crippen LogP contribution in [0, 0.1) is 24.2 Å². The number of nitriles is 1. The third-order valence-corrected chi connectivity index (χ3v) is 6.16. The highest BCUT2D eigenvalue weighted by atomic mass is 16.2. The average Bonchev–Trinajstić information content (AvgIpc) is 3.61. The van der Waals surface area contributed by atoms with Crippen molar-refractivity contribution in [1.82, 2.24) is 10.2 Å². The number of rotatable bonds is 6. The molecular weight excluding hydrogens is 372 g/mol. The van der Waals surface area contributed by atoms with Crippen molar-refractivity contribution in [2.45, 2.75) is 32.2 Å². The Balaban J connectivity index is 1.32. The molecule has 0 aromatic heterocycles. The molecule has 1 saturated carbocycles. The SMILES string of the molecule is Cc1ccc(C(NC(=O)CN2CCCN(c3ccc(C#N)cc3)CC2)C2CC2)cc1. The van der Waals surface area contributed by atoms with E-state index in [0.717, 1.165) is 38.3 Å². The third-order valence-electron chi connectivity index (χ3n) is 6.16. The molecule has 2 fully saturated rings. The molecule has 1 aliphatic heterocycles. The Kier molecular flexibility index (Phi) is 6.35. The number of aryl methyl sites for hydroxylation is 1. The normalized spacial score (nSPS) is 18.3. The molecule has 1 N–H and O–H groups in total. The second kappa shape index (κ2) is 9.32. The van der Waals surface area contributed by atoms with Crippen molar-refractivity contribution in [2.75, 3.05) is 37.6 Å². The number of anilines is 1. The van der Waals surface area contributed by atoms with E-state index >= 15 is 0 Å². The van der Waals surface area contributed by atoms with E-state index < -0.39 is 0 Å². The molecule has 0 spiro atoms. The molecule has 156 valence electrons. The van der Waals surface area contributed by atoms with Crippen molar-refractivity contribution in [3.63, 3.8) is 0 Å². The highest BCUT2D eigenvalue weighted by molar-refractivity contribution is 5.78. The minimum atomic E-state index is 0.124. The van der Waals surface area contributed by atoms with E-state index in [0.29, 0.717) is 18.0 Å². The summed E-state index contributed by atoms with van der Waals surface area (Å²) in [5, 5.41) is 12.3. The fourth-order valence-electron chi connectivity index (χ4n) is 4.23. The molecule has 1 unspecified atom stereocenters. The zero-order chi connectivity index (χ0) is 20.9. The van der Waals surface area contributed by atoms with Gasteiger partial charge in [-0.25, -0.2) is 0 Å². The van der Waals surface area contributed by atoms with Gasteiger partial charge < -0.3 is 10.2 Å². The van der Waals surface area contributed by atoms with E-state index in [2.05, 4.69) is 52.4 Å². The first-order valence-corrected chi connectivity index (χ1v) is 11.0. The van der Waals surface area contributed by atoms with E-state index in [9.17, 15) is 4.79 Å². The van der Waals surface area contributed by atoms with Crippen LogP contribution in [0.2, 0.25) is 0 Å². The second-order valence-electron chi connectivity index (χ2n) is 8.57. The monoisotopic (exact) mass is 402 g/mol. The summed E-state index contributed by atoms with van der Waals surface area (Å²) in [5.74, 6) is 0.701. The van der Waals surface area contributed by atoms with E-state index in [1.54, 1.807) is 0 Å². The molecule has 2 aromatic carbocycles. The Morgan fingerprint density at radius 3 is 2.47 bits per heavy atom. The first-order chi connectivity index (χ1) is 14.6. The second-order valence-corrected chi connectivity index (χ2v) is 8.57. The van der Waals surface area contributed by atoms with Gasteiger partial charge in [0.2, 0.25) is 5.91 Å². The summed E-state index contributed by atoms with van der Waals surface area (Å²) < 4.78 is 0. The lowest BCUT2D eigenvalue weighted by Gasteiger charge is -2.24. The number of hydrogen-bond acceptors (Lipinski definition) is 4. The number of nitrogens with one attached hydrogen (secondary N) is 1. The molecule has 4 rings (SSSR count). The highest BCUT2D eigenvalue weighted by Gasteiger charge is 2.33. The largest absolute Gasteiger partial charge is 0.370 e. The van der Waals surface area contributed by atoms with Crippen molar-refractivity contribution < 1.29 is 4.79 Å². The van der Waals surface area contributed by atoms with Crippen LogP contribution in [0.25, 0.3) is 0 Å². The summed E-state index contributed by atoms with van der Waals surface area (Å²) in [5.41, 5.74) is 4.30. The number of hydrogen-bond donors (Lipinski definition) is 1. The van der Waals surface area contributed by atoms with Gasteiger partial charge in [0.05, 0.1) is 24.2 Å². The molecule has 5 heteroatoms. The molecule has 1 saturated heterocycles. The zero-order valence-corrected chi connectivity index (χ0v) is 17.7. The lowest BCUT2D eigenvalue weighted by molar-refractivity contribution is -0.123. The lowest BCUT2D eigenvalue weighted by Crippen LogP contribution is -2.41. The molecule has 2 aliphatic rings. The quantitative estimate of drug-likeness (QED) is 0.801. The van der Waals surface area contributed by atoms with Crippen LogP contribution in [0.15, 0.2) is 48.5 Å². The summed E-state index contributed by atoms with van der Waals surface area (Å²) in [6.07, 6.45) is 3.42. The first kappa shape index (κ1) is 20.4. The first-order valence-electron chi connectivity index (χ1n) is 11.0. The maximum absolute atomic E-state index is 12.8. The number of nitrogens with zero attached hydrogens (tertiary/aromatic N) is 3. The molecule has 1 amide bonds. The summed E-state index contributed by atoms with van der Waals surface area (Å²) in [6, 6.07) is 18.6. The van der Waals surface area contributed by atoms with Crippen LogP contribution in [0.3, 0.4) is 0 Å². The van der Waals surface area contributed by atoms with Crippen LogP contribution in [0.4, 0.5) is 5.69 Å². The Morgan fingerprint density at radius 1 is 1.07 bits per heavy atom. The Hall–Kier alpha value is -2.84. The summed E-state index contributed by atoms with van der Waals surface area (Å²) in [7, 11) is 0. The van der Waals surface area contributed by atoms with Crippen molar-refractivity contribution in [3.05, 3.63) is 65.2 Å². The summed E-state index contributed by atoms with van der Waals surface area (Å²) in [4.78, 5) is 17.4. The molecular formula is C25H30N4O. The number of amides is 1. The summed E-state index contributed by atoms with van der Waals surface area (Å²) >= 11 is 0. The number of benzene rings is 2. The third kappa shape index (κ3) is 5.20. The smallest absolute Gasteiger partial charge is 0.234 e. The van der Waals surface area contributed by atoms with Crippen LogP contribution >= 0.6 is 0 Å². The molecule has 1 aliphatic carbocycles. The molecule has 0 bridgehead atoms. The van der Waals surface area contributed by atoms with Crippen molar-refractivity contribution in [3.8, 4) is 6.07 Å². The van der Waals surface area contributed by atoms with Crippen molar-refractivity contribution in [1.29, 1.82) is 5.26 Å². The minimum absolute atomic E-state index is 0.124. The number of carbonyl (C=O) groups excluding carboxylic acids is 1. The van der Waals surface area contributed by atoms with Gasteiger partial charge in [-0.3, -0.25) is 9.69 Å². The minimum Gasteiger partial charge on any atom is -0.370 e. The predicted molar refractivity (Wildman–Crippen MR) is 119 cm³/mol. The maximum Gasteiger partial charge on any atom is 0.234 e. The van der Waals surface area contributed by atoms with Crippen LogP contribution in [0.1, 0.15) is 42.0 Å². The van der Waals surface area contributed by atoms with Gasteiger partial charge in [-0.05, 0) is 61.9 Å². The van der Waals surface area contributed by atoms with Crippen LogP contribution < -0.4 is 10.2 Å². The van der Waals surface area contributed by atoms with Gasteiger partial charge >= 0.3 is 0 Å². The Labute approximate surface area is 179 Å². The topological polar surface area (TPSA) is 59.4 Å². The molecule has 30 heavy (non-hydrogen) atoms. The standard InChI is InChI=1S/C25H30N4O/c1-19-3-7-21(8-4-19)25(22-9-10-22)27-24(30)18-28-13-2-14-29(16-15-28)23-11-5-20(17-26)6-12-23/h3-8,11-12,22,25H,2,9-10,13-16,18H2,1H3,(H,27,30). The molecule has 1 heterocycles. The van der Waals surface area contributed by atoms with E-state index in [4.69, 9.17) is 5.26 Å². The van der Waals surface area contributed by atoms with E-state index in [-0.39, 0.29) is 11.9 Å². The van der Waals surface area contributed by atoms with Crippen molar-refractivity contribution >= 4 is 11.6 Å². The Morgan fingerprint density at radius 2 is 1.80 bits per heavy atom. The van der Waals surface area contributed by atoms with E-state index in [1.165, 1.54) is 24.0 Å². The molecule has 2 aromatic rings. The fraction of sp³-hybridized carbons (Fsp3) is 0.440. The van der Waals surface area contributed by atoms with Crippen molar-refractivity contribution in [2.24, 2.45) is 5.92 Å². The average molecular weight is 403 g/mol. The van der Waals surface area contributed by atoms with Crippen LogP contribution in [-0.4, -0.2) is 43.5 Å². The number of carbonyl (C=O) groups is 1. The van der Waals surface area contributed by atoms with Gasteiger partial charge in [0.15, 0.2) is 0 Å². The molecule has 0 radical (unpaired) electrons. The van der Waals surface area contributed by atoms with Gasteiger partial charge in [-0.2, -0.15) is 5.26 Å². The van der Waals surface area contributed by atoms with Gasteiger partial charge in [0.1, 0.15) is 0 Å². The van der Waals surface area contributed by atoms with Gasteiger partial charge in [-0.1, -0.05) is 29.8 Å². The highest BCUT2D eigenvalue weighted by Crippen LogP contribution is 2.41. The summed E-state index contributed by atoms with van der Waals surface area (Å²) in [6.45, 7) is 6.21. The fourth-order valence-corrected chi connectivity index (χ4v) is 4.23. The van der Waals surface area contributed by atoms with E-state index in [1.807, 2.05) is 24.3 Å².